The number of hydrogen-bond acceptors (Lipinski definition) is 1. The maximum absolute atomic E-state index is 5.63. The second-order valence-electron chi connectivity index (χ2n) is 3.51. The highest BCUT2D eigenvalue weighted by atomic mass is 35.5. The van der Waals surface area contributed by atoms with E-state index in [1.165, 1.54) is 24.6 Å². The van der Waals surface area contributed by atoms with Crippen LogP contribution < -0.4 is 4.74 Å². The molecule has 0 aliphatic heterocycles. The van der Waals surface area contributed by atoms with Crippen molar-refractivity contribution in [3.05, 3.63) is 29.8 Å². The van der Waals surface area contributed by atoms with Gasteiger partial charge in [0.25, 0.3) is 0 Å². The van der Waals surface area contributed by atoms with E-state index in [9.17, 15) is 0 Å². The SMILES string of the molecule is Cc1cccc(OCCCCCP)c1.Cl. The molecule has 1 unspecified atom stereocenters. The summed E-state index contributed by atoms with van der Waals surface area (Å²) in [6.07, 6.45) is 4.89. The van der Waals surface area contributed by atoms with Crippen molar-refractivity contribution in [3.8, 4) is 5.75 Å². The molecule has 0 saturated carbocycles. The molecule has 0 heterocycles. The molecule has 1 atom stereocenters. The molecule has 0 aromatic heterocycles. The summed E-state index contributed by atoms with van der Waals surface area (Å²) in [6.45, 7) is 2.93. The van der Waals surface area contributed by atoms with E-state index in [1.54, 1.807) is 0 Å². The van der Waals surface area contributed by atoms with E-state index in [0.717, 1.165) is 18.8 Å². The van der Waals surface area contributed by atoms with Gasteiger partial charge in [0.1, 0.15) is 5.75 Å². The smallest absolute Gasteiger partial charge is 0.119 e. The predicted octanol–water partition coefficient (Wildman–Crippen LogP) is 3.84. The van der Waals surface area contributed by atoms with Crippen LogP contribution >= 0.6 is 21.6 Å². The fourth-order valence-corrected chi connectivity index (χ4v) is 1.61. The molecule has 15 heavy (non-hydrogen) atoms. The molecule has 0 spiro atoms. The van der Waals surface area contributed by atoms with Crippen LogP contribution in [0.15, 0.2) is 24.3 Å². The molecule has 0 aliphatic rings. The summed E-state index contributed by atoms with van der Waals surface area (Å²) in [6, 6.07) is 8.22. The van der Waals surface area contributed by atoms with Gasteiger partial charge in [-0.2, -0.15) is 0 Å². The number of ether oxygens (including phenoxy) is 1. The van der Waals surface area contributed by atoms with E-state index in [2.05, 4.69) is 28.3 Å². The Morgan fingerprint density at radius 3 is 2.67 bits per heavy atom. The number of rotatable bonds is 6. The Balaban J connectivity index is 0.00000196. The summed E-state index contributed by atoms with van der Waals surface area (Å²) in [5, 5.41) is 0. The van der Waals surface area contributed by atoms with Gasteiger partial charge in [-0.25, -0.2) is 0 Å². The van der Waals surface area contributed by atoms with Gasteiger partial charge in [-0.1, -0.05) is 12.1 Å². The standard InChI is InChI=1S/C12H19OP.ClH/c1-11-6-5-7-12(10-11)13-8-3-2-4-9-14;/h5-7,10H,2-4,8-9,14H2,1H3;1H. The van der Waals surface area contributed by atoms with Crippen LogP contribution in [0.5, 0.6) is 5.75 Å². The Kier molecular flexibility index (Phi) is 8.85. The topological polar surface area (TPSA) is 9.23 Å². The van der Waals surface area contributed by atoms with E-state index >= 15 is 0 Å². The van der Waals surface area contributed by atoms with Gasteiger partial charge in [0.15, 0.2) is 0 Å². The van der Waals surface area contributed by atoms with Crippen LogP contribution in [0.2, 0.25) is 0 Å². The Hall–Kier alpha value is -0.260. The summed E-state index contributed by atoms with van der Waals surface area (Å²) in [7, 11) is 2.75. The Morgan fingerprint density at radius 1 is 1.20 bits per heavy atom. The molecular formula is C12H20ClOP. The van der Waals surface area contributed by atoms with Crippen LogP contribution in [0.3, 0.4) is 0 Å². The molecule has 1 aromatic carbocycles. The summed E-state index contributed by atoms with van der Waals surface area (Å²) < 4.78 is 5.63. The molecule has 0 fully saturated rings. The maximum atomic E-state index is 5.63. The lowest BCUT2D eigenvalue weighted by molar-refractivity contribution is 0.306. The van der Waals surface area contributed by atoms with Gasteiger partial charge in [0, 0.05) is 0 Å². The van der Waals surface area contributed by atoms with Crippen molar-refractivity contribution in [2.45, 2.75) is 26.2 Å². The van der Waals surface area contributed by atoms with E-state index < -0.39 is 0 Å². The molecular weight excluding hydrogens is 227 g/mol. The normalized spacial score (nSPS) is 9.47. The molecule has 1 aromatic rings. The predicted molar refractivity (Wildman–Crippen MR) is 72.4 cm³/mol. The average molecular weight is 247 g/mol. The molecule has 86 valence electrons. The van der Waals surface area contributed by atoms with Crippen molar-refractivity contribution < 1.29 is 4.74 Å². The third-order valence-electron chi connectivity index (χ3n) is 2.11. The van der Waals surface area contributed by atoms with Gasteiger partial charge >= 0.3 is 0 Å². The van der Waals surface area contributed by atoms with Gasteiger partial charge < -0.3 is 4.74 Å². The zero-order chi connectivity index (χ0) is 10.2. The first-order chi connectivity index (χ1) is 6.83. The molecule has 1 rings (SSSR count). The highest BCUT2D eigenvalue weighted by Gasteiger charge is 1.93. The van der Waals surface area contributed by atoms with Gasteiger partial charge in [0.05, 0.1) is 6.61 Å². The summed E-state index contributed by atoms with van der Waals surface area (Å²) >= 11 is 0. The van der Waals surface area contributed by atoms with Crippen LogP contribution in [-0.4, -0.2) is 12.8 Å². The van der Waals surface area contributed by atoms with Crippen molar-refractivity contribution in [2.75, 3.05) is 12.8 Å². The van der Waals surface area contributed by atoms with Crippen molar-refractivity contribution in [1.82, 2.24) is 0 Å². The number of halogens is 1. The first-order valence-electron chi connectivity index (χ1n) is 5.22. The van der Waals surface area contributed by atoms with Crippen molar-refractivity contribution in [1.29, 1.82) is 0 Å². The fourth-order valence-electron chi connectivity index (χ4n) is 1.32. The molecule has 0 saturated heterocycles. The van der Waals surface area contributed by atoms with Crippen molar-refractivity contribution in [2.24, 2.45) is 0 Å². The van der Waals surface area contributed by atoms with Crippen molar-refractivity contribution in [3.63, 3.8) is 0 Å². The van der Waals surface area contributed by atoms with Gasteiger partial charge in [-0.15, -0.1) is 21.6 Å². The van der Waals surface area contributed by atoms with E-state index in [1.807, 2.05) is 12.1 Å². The summed E-state index contributed by atoms with van der Waals surface area (Å²) in [4.78, 5) is 0. The Bertz CT molecular complexity index is 266. The lowest BCUT2D eigenvalue weighted by Crippen LogP contribution is -1.97. The second kappa shape index (κ2) is 9.00. The summed E-state index contributed by atoms with van der Waals surface area (Å²) in [5.74, 6) is 0.996. The quantitative estimate of drug-likeness (QED) is 0.547. The van der Waals surface area contributed by atoms with Crippen LogP contribution in [0, 0.1) is 6.92 Å². The Morgan fingerprint density at radius 2 is 2.00 bits per heavy atom. The molecule has 3 heteroatoms. The molecule has 1 nitrogen and oxygen atoms in total. The van der Waals surface area contributed by atoms with Crippen molar-refractivity contribution >= 4 is 21.6 Å². The van der Waals surface area contributed by atoms with Crippen LogP contribution in [-0.2, 0) is 0 Å². The first-order valence-corrected chi connectivity index (χ1v) is 6.04. The lowest BCUT2D eigenvalue weighted by atomic mass is 10.2. The minimum Gasteiger partial charge on any atom is -0.494 e. The number of aryl methyl sites for hydroxylation is 1. The molecule has 0 amide bonds. The van der Waals surface area contributed by atoms with E-state index in [4.69, 9.17) is 4.74 Å². The number of unbranched alkanes of at least 4 members (excludes halogenated alkanes) is 2. The van der Waals surface area contributed by atoms with Gasteiger partial charge in [-0.3, -0.25) is 0 Å². The minimum atomic E-state index is 0. The molecule has 0 N–H and O–H groups in total. The average Bonchev–Trinajstić information content (AvgIpc) is 2.18. The van der Waals surface area contributed by atoms with Crippen LogP contribution in [0.25, 0.3) is 0 Å². The van der Waals surface area contributed by atoms with E-state index in [0.29, 0.717) is 0 Å². The molecule has 0 aliphatic carbocycles. The molecule has 0 radical (unpaired) electrons. The van der Waals surface area contributed by atoms with Gasteiger partial charge in [0.2, 0.25) is 0 Å². The van der Waals surface area contributed by atoms with E-state index in [-0.39, 0.29) is 12.4 Å². The van der Waals surface area contributed by atoms with Gasteiger partial charge in [-0.05, 0) is 50.0 Å². The Labute approximate surface area is 101 Å². The second-order valence-corrected chi connectivity index (χ2v) is 4.09. The van der Waals surface area contributed by atoms with Crippen LogP contribution in [0.4, 0.5) is 0 Å². The highest BCUT2D eigenvalue weighted by Crippen LogP contribution is 2.12. The summed E-state index contributed by atoms with van der Waals surface area (Å²) in [5.41, 5.74) is 1.26. The number of benzene rings is 1. The highest BCUT2D eigenvalue weighted by molar-refractivity contribution is 7.16. The first kappa shape index (κ1) is 14.7. The zero-order valence-corrected chi connectivity index (χ0v) is 11.2. The zero-order valence-electron chi connectivity index (χ0n) is 9.24. The minimum absolute atomic E-state index is 0. The number of hydrogen-bond donors (Lipinski definition) is 0. The fraction of sp³-hybridized carbons (Fsp3) is 0.500. The monoisotopic (exact) mass is 246 g/mol. The largest absolute Gasteiger partial charge is 0.494 e. The van der Waals surface area contributed by atoms with Crippen LogP contribution in [0.1, 0.15) is 24.8 Å². The molecule has 0 bridgehead atoms. The maximum Gasteiger partial charge on any atom is 0.119 e. The lowest BCUT2D eigenvalue weighted by Gasteiger charge is -2.06. The third kappa shape index (κ3) is 6.76. The third-order valence-corrected chi connectivity index (χ3v) is 2.51.